The molecule has 0 saturated heterocycles. The van der Waals surface area contributed by atoms with Crippen molar-refractivity contribution in [3.05, 3.63) is 42.0 Å². The number of pyridine rings is 1. The molecule has 10 nitrogen and oxygen atoms in total. The van der Waals surface area contributed by atoms with Crippen molar-refractivity contribution in [3.63, 3.8) is 0 Å². The van der Waals surface area contributed by atoms with Gasteiger partial charge in [-0.1, -0.05) is 48.7 Å². The standard InChI is InChI=1S/C27H28F3N5O5S2/c1-15(27(28,29)30)35-42(37,38)25-18-10-5-4-9-17(18)19(13-31-25)22-20(11-16-7-6-8-16)32-24(41-22)23-33-21(40-34-23)12-26(2,3)39-14-36/h4-5,9-10,13-16,35H,6-8,11-12H2,1-3H3/t15-/m0/s1. The van der Waals surface area contributed by atoms with Crippen molar-refractivity contribution in [2.45, 2.75) is 75.7 Å². The number of ether oxygens (including phenoxy) is 1. The molecule has 1 aliphatic carbocycles. The molecule has 1 atom stereocenters. The number of nitrogens with zero attached hydrogens (tertiary/aromatic N) is 4. The maximum atomic E-state index is 13.1. The predicted molar refractivity (Wildman–Crippen MR) is 148 cm³/mol. The summed E-state index contributed by atoms with van der Waals surface area (Å²) in [4.78, 5) is 25.0. The van der Waals surface area contributed by atoms with E-state index < -0.39 is 32.9 Å². The summed E-state index contributed by atoms with van der Waals surface area (Å²) < 4.78 is 77.6. The molecule has 5 rings (SSSR count). The van der Waals surface area contributed by atoms with E-state index in [-0.39, 0.29) is 23.5 Å². The van der Waals surface area contributed by atoms with Crippen molar-refractivity contribution >= 4 is 38.6 Å². The lowest BCUT2D eigenvalue weighted by Crippen LogP contribution is -2.43. The molecular formula is C27H28F3N5O5S2. The Morgan fingerprint density at radius 2 is 1.90 bits per heavy atom. The van der Waals surface area contributed by atoms with Gasteiger partial charge in [0.25, 0.3) is 16.5 Å². The Labute approximate surface area is 243 Å². The van der Waals surface area contributed by atoms with E-state index >= 15 is 0 Å². The van der Waals surface area contributed by atoms with Crippen LogP contribution in [0.2, 0.25) is 0 Å². The van der Waals surface area contributed by atoms with Gasteiger partial charge in [0.2, 0.25) is 11.7 Å². The predicted octanol–water partition coefficient (Wildman–Crippen LogP) is 5.47. The number of benzene rings is 1. The molecule has 42 heavy (non-hydrogen) atoms. The average Bonchev–Trinajstić information content (AvgIpc) is 3.51. The van der Waals surface area contributed by atoms with Crippen LogP contribution >= 0.6 is 11.3 Å². The quantitative estimate of drug-likeness (QED) is 0.216. The molecule has 0 spiro atoms. The zero-order valence-corrected chi connectivity index (χ0v) is 24.6. The summed E-state index contributed by atoms with van der Waals surface area (Å²) >= 11 is 1.29. The Kier molecular flexibility index (Phi) is 8.11. The van der Waals surface area contributed by atoms with E-state index in [2.05, 4.69) is 15.1 Å². The lowest BCUT2D eigenvalue weighted by atomic mass is 9.82. The first kappa shape index (κ1) is 30.0. The van der Waals surface area contributed by atoms with Crippen LogP contribution in [0.5, 0.6) is 0 Å². The van der Waals surface area contributed by atoms with Gasteiger partial charge in [-0.25, -0.2) is 18.4 Å². The highest BCUT2D eigenvalue weighted by molar-refractivity contribution is 7.89. The third-order valence-corrected chi connectivity index (χ3v) is 9.71. The molecule has 15 heteroatoms. The summed E-state index contributed by atoms with van der Waals surface area (Å²) in [6, 6.07) is 4.24. The van der Waals surface area contributed by atoms with E-state index in [1.54, 1.807) is 36.8 Å². The largest absolute Gasteiger partial charge is 0.461 e. The van der Waals surface area contributed by atoms with Crippen molar-refractivity contribution < 1.29 is 35.6 Å². The van der Waals surface area contributed by atoms with Crippen LogP contribution in [0.1, 0.15) is 51.6 Å². The summed E-state index contributed by atoms with van der Waals surface area (Å²) in [5.41, 5.74) is 0.506. The van der Waals surface area contributed by atoms with Gasteiger partial charge in [0.05, 0.1) is 17.0 Å². The van der Waals surface area contributed by atoms with E-state index in [4.69, 9.17) is 14.2 Å². The second-order valence-electron chi connectivity index (χ2n) is 10.9. The zero-order valence-electron chi connectivity index (χ0n) is 22.9. The molecule has 4 aromatic rings. The monoisotopic (exact) mass is 623 g/mol. The van der Waals surface area contributed by atoms with Crippen LogP contribution in [0.4, 0.5) is 13.2 Å². The summed E-state index contributed by atoms with van der Waals surface area (Å²) in [6.45, 7) is 4.52. The van der Waals surface area contributed by atoms with Gasteiger partial charge in [0.15, 0.2) is 10.0 Å². The minimum Gasteiger partial charge on any atom is -0.461 e. The number of hydrogen-bond acceptors (Lipinski definition) is 10. The SMILES string of the molecule is C[C@H](NS(=O)(=O)c1ncc(-c2sc(-c3noc(CC(C)(C)OC=O)n3)nc2CC2CCC2)c2ccccc12)C(F)(F)F. The molecule has 1 saturated carbocycles. The highest BCUT2D eigenvalue weighted by atomic mass is 32.2. The minimum absolute atomic E-state index is 0.181. The van der Waals surface area contributed by atoms with Crippen LogP contribution < -0.4 is 4.72 Å². The fraction of sp³-hybridized carbons (Fsp3) is 0.444. The number of nitrogens with one attached hydrogen (secondary N) is 1. The molecule has 1 N–H and O–H groups in total. The summed E-state index contributed by atoms with van der Waals surface area (Å²) in [7, 11) is -4.60. The van der Waals surface area contributed by atoms with Gasteiger partial charge < -0.3 is 9.26 Å². The maximum absolute atomic E-state index is 13.1. The average molecular weight is 624 g/mol. The first-order valence-corrected chi connectivity index (χ1v) is 15.5. The number of aromatic nitrogens is 4. The Morgan fingerprint density at radius 1 is 1.19 bits per heavy atom. The summed E-state index contributed by atoms with van der Waals surface area (Å²) in [5, 5.41) is 4.73. The summed E-state index contributed by atoms with van der Waals surface area (Å²) in [6.07, 6.45) is 0.715. The normalized spacial score (nSPS) is 15.5. The van der Waals surface area contributed by atoms with Gasteiger partial charge in [-0.15, -0.1) is 11.3 Å². The minimum atomic E-state index is -4.76. The first-order chi connectivity index (χ1) is 19.8. The van der Waals surface area contributed by atoms with Crippen molar-refractivity contribution in [2.24, 2.45) is 5.92 Å². The van der Waals surface area contributed by atoms with E-state index in [0.29, 0.717) is 34.8 Å². The van der Waals surface area contributed by atoms with Crippen LogP contribution in [0.15, 0.2) is 40.0 Å². The number of carbonyl (C=O) groups is 1. The number of hydrogen-bond donors (Lipinski definition) is 1. The smallest absolute Gasteiger partial charge is 0.404 e. The van der Waals surface area contributed by atoms with Crippen LogP contribution in [0, 0.1) is 5.92 Å². The third kappa shape index (κ3) is 6.32. The second kappa shape index (κ2) is 11.3. The Bertz CT molecular complexity index is 1710. The van der Waals surface area contributed by atoms with E-state index in [1.165, 1.54) is 23.6 Å². The van der Waals surface area contributed by atoms with Crippen LogP contribution in [-0.2, 0) is 32.4 Å². The van der Waals surface area contributed by atoms with Gasteiger partial charge in [-0.3, -0.25) is 4.79 Å². The number of fused-ring (bicyclic) bond motifs is 1. The number of alkyl halides is 3. The maximum Gasteiger partial charge on any atom is 0.404 e. The van der Waals surface area contributed by atoms with Crippen LogP contribution in [0.3, 0.4) is 0 Å². The molecule has 0 amide bonds. The molecule has 1 fully saturated rings. The highest BCUT2D eigenvalue weighted by Gasteiger charge is 2.39. The molecule has 0 bridgehead atoms. The van der Waals surface area contributed by atoms with E-state index in [9.17, 15) is 26.4 Å². The first-order valence-electron chi connectivity index (χ1n) is 13.2. The number of sulfonamides is 1. The molecule has 3 heterocycles. The third-order valence-electron chi connectivity index (χ3n) is 7.09. The van der Waals surface area contributed by atoms with E-state index in [1.807, 2.05) is 0 Å². The number of carbonyl (C=O) groups excluding carboxylic acids is 1. The lowest BCUT2D eigenvalue weighted by molar-refractivity contribution is -0.147. The van der Waals surface area contributed by atoms with Gasteiger partial charge >= 0.3 is 6.18 Å². The molecule has 0 aliphatic heterocycles. The highest BCUT2D eigenvalue weighted by Crippen LogP contribution is 2.42. The number of halogens is 3. The fourth-order valence-electron chi connectivity index (χ4n) is 4.63. The van der Waals surface area contributed by atoms with Gasteiger partial charge in [-0.2, -0.15) is 22.9 Å². The topological polar surface area (TPSA) is 137 Å². The van der Waals surface area contributed by atoms with Crippen molar-refractivity contribution in [1.82, 2.24) is 24.8 Å². The Balaban J connectivity index is 1.56. The number of rotatable bonds is 11. The van der Waals surface area contributed by atoms with Crippen LogP contribution in [0.25, 0.3) is 32.0 Å². The van der Waals surface area contributed by atoms with Gasteiger partial charge in [-0.05, 0) is 38.5 Å². The van der Waals surface area contributed by atoms with Crippen molar-refractivity contribution in [3.8, 4) is 21.3 Å². The van der Waals surface area contributed by atoms with E-state index in [0.717, 1.165) is 36.8 Å². The molecular weight excluding hydrogens is 595 g/mol. The fourth-order valence-corrected chi connectivity index (χ4v) is 7.05. The zero-order chi connectivity index (χ0) is 30.3. The molecule has 0 radical (unpaired) electrons. The van der Waals surface area contributed by atoms with Crippen molar-refractivity contribution in [2.75, 3.05) is 0 Å². The summed E-state index contributed by atoms with van der Waals surface area (Å²) in [5.74, 6) is 0.948. The lowest BCUT2D eigenvalue weighted by Gasteiger charge is -2.24. The molecule has 3 aromatic heterocycles. The van der Waals surface area contributed by atoms with Gasteiger partial charge in [0.1, 0.15) is 11.6 Å². The molecule has 0 unspecified atom stereocenters. The van der Waals surface area contributed by atoms with Crippen molar-refractivity contribution in [1.29, 1.82) is 0 Å². The van der Waals surface area contributed by atoms with Crippen LogP contribution in [-0.4, -0.2) is 52.8 Å². The molecule has 1 aliphatic rings. The van der Waals surface area contributed by atoms with Gasteiger partial charge in [0, 0.05) is 17.1 Å². The second-order valence-corrected chi connectivity index (χ2v) is 13.5. The Morgan fingerprint density at radius 3 is 2.55 bits per heavy atom. The molecule has 1 aromatic carbocycles. The Hall–Kier alpha value is -3.43. The number of thiazole rings is 1. The molecule has 224 valence electrons.